The standard InChI is InChI=1S/C51H52O29/c52-19-3-1-17(2-4-19)28-12-25(56)37-24(55)9-21(10-30(37)75-28)74-50-46(69)43(66)40(63)33(79-50)15-72-36(60)13-35(59)71-14-32-39(62)42(65)45(68)49(78-32)73-16-34-41(64)44(67)47(70)51(80-34)77-31-11-22-23(54)7-20(53)8-29(22)76-48(31)18-5-26(57)38(61)27(58)6-18/h1-12,32-34,39-55,57-58,61-70H,13-16H2. The van der Waals surface area contributed by atoms with E-state index in [2.05, 4.69) is 0 Å². The Labute approximate surface area is 447 Å². The maximum absolute atomic E-state index is 12.9. The molecule has 0 spiro atoms. The number of esters is 2. The molecule has 16 N–H and O–H groups in total. The van der Waals surface area contributed by atoms with E-state index in [9.17, 15) is 96.1 Å². The third-order valence-corrected chi connectivity index (χ3v) is 13.3. The molecule has 5 aromatic rings. The number of benzene rings is 4. The quantitative estimate of drug-likeness (QED) is 0.0303. The number of aromatic hydroxyl groups is 7. The van der Waals surface area contributed by atoms with Crippen LogP contribution >= 0.6 is 0 Å². The van der Waals surface area contributed by atoms with E-state index in [0.29, 0.717) is 5.56 Å². The zero-order chi connectivity index (χ0) is 57.6. The molecular weight excluding hydrogens is 1080 g/mol. The van der Waals surface area contributed by atoms with Crippen LogP contribution in [0.1, 0.15) is 23.7 Å². The summed E-state index contributed by atoms with van der Waals surface area (Å²) < 4.78 is 55.9. The van der Waals surface area contributed by atoms with Crippen LogP contribution in [-0.2, 0) is 42.7 Å². The molecule has 16 atom stereocenters. The highest BCUT2D eigenvalue weighted by molar-refractivity contribution is 5.91. The van der Waals surface area contributed by atoms with E-state index >= 15 is 0 Å². The van der Waals surface area contributed by atoms with E-state index in [1.807, 2.05) is 0 Å². The Hall–Kier alpha value is -7.75. The first-order chi connectivity index (χ1) is 37.9. The van der Waals surface area contributed by atoms with Crippen molar-refractivity contribution in [3.8, 4) is 63.1 Å². The van der Waals surface area contributed by atoms with Gasteiger partial charge in [-0.05, 0) is 42.5 Å². The van der Waals surface area contributed by atoms with E-state index in [4.69, 9.17) is 47.0 Å². The predicted octanol–water partition coefficient (Wildman–Crippen LogP) is -2.11. The van der Waals surface area contributed by atoms with Gasteiger partial charge in [0.1, 0.15) is 150 Å². The fourth-order valence-corrected chi connectivity index (χ4v) is 8.95. The first-order valence-electron chi connectivity index (χ1n) is 24.1. The van der Waals surface area contributed by atoms with Crippen LogP contribution in [0.3, 0.4) is 0 Å². The van der Waals surface area contributed by atoms with Gasteiger partial charge in [0.2, 0.25) is 12.6 Å². The average Bonchev–Trinajstić information content (AvgIpc) is 3.53. The van der Waals surface area contributed by atoms with Crippen molar-refractivity contribution in [1.82, 2.24) is 0 Å². The number of carbonyl (C=O) groups excluding carboxylic acids is 2. The summed E-state index contributed by atoms with van der Waals surface area (Å²) in [7, 11) is 0. The lowest BCUT2D eigenvalue weighted by atomic mass is 9.98. The van der Waals surface area contributed by atoms with Gasteiger partial charge in [-0.3, -0.25) is 14.4 Å². The van der Waals surface area contributed by atoms with Crippen LogP contribution in [0.15, 0.2) is 81.7 Å². The van der Waals surface area contributed by atoms with E-state index in [1.54, 1.807) is 0 Å². The Balaban J connectivity index is 0.786. The topological polar surface area (TPSA) is 471 Å². The van der Waals surface area contributed by atoms with Gasteiger partial charge in [-0.1, -0.05) is 0 Å². The van der Waals surface area contributed by atoms with Crippen LogP contribution < -0.4 is 14.9 Å². The fraction of sp³-hybridized carbons (Fsp3) is 0.392. The molecule has 16 unspecified atom stereocenters. The van der Waals surface area contributed by atoms with Crippen molar-refractivity contribution in [2.75, 3.05) is 19.8 Å². The van der Waals surface area contributed by atoms with Crippen LogP contribution in [0.4, 0.5) is 0 Å². The molecule has 3 saturated heterocycles. The molecule has 0 amide bonds. The van der Waals surface area contributed by atoms with Gasteiger partial charge in [-0.25, -0.2) is 0 Å². The number of fused-ring (bicyclic) bond motifs is 2. The Bertz CT molecular complexity index is 3160. The Morgan fingerprint density at radius 3 is 1.65 bits per heavy atom. The lowest BCUT2D eigenvalue weighted by Gasteiger charge is -2.43. The summed E-state index contributed by atoms with van der Waals surface area (Å²) in [5, 5.41) is 168. The van der Waals surface area contributed by atoms with Crippen molar-refractivity contribution in [3.05, 3.63) is 93.8 Å². The second-order valence-corrected chi connectivity index (χ2v) is 18.8. The number of carbonyl (C=O) groups is 2. The molecule has 29 heteroatoms. The lowest BCUT2D eigenvalue weighted by Crippen LogP contribution is -2.61. The summed E-state index contributed by atoms with van der Waals surface area (Å²) in [4.78, 5) is 38.5. The SMILES string of the molecule is O=C(CC(=O)OCC1OC(Oc2cc(O)c3c(=O)cc(-c4ccc(O)cc4)oc3c2)C(O)C(O)C1O)OCC1OC(OCC2OC(OC3=Cc4c(O)cc(O)cc4OC3c3cc(O)c(O)c(O)c3)C(O)C(O)C2O)C(O)C(O)C1O. The number of ether oxygens (including phenoxy) is 9. The van der Waals surface area contributed by atoms with Gasteiger partial charge in [0, 0.05) is 41.5 Å². The lowest BCUT2D eigenvalue weighted by molar-refractivity contribution is -0.328. The third kappa shape index (κ3) is 11.8. The maximum atomic E-state index is 12.9. The first kappa shape index (κ1) is 57.0. The smallest absolute Gasteiger partial charge is 0.317 e. The average molecular weight is 1130 g/mol. The Kier molecular flexibility index (Phi) is 16.5. The Morgan fingerprint density at radius 1 is 0.525 bits per heavy atom. The van der Waals surface area contributed by atoms with Gasteiger partial charge < -0.3 is 129 Å². The number of rotatable bonds is 15. The molecule has 0 aliphatic carbocycles. The van der Waals surface area contributed by atoms with Gasteiger partial charge in [0.05, 0.1) is 12.2 Å². The highest BCUT2D eigenvalue weighted by atomic mass is 16.7. The number of phenols is 7. The molecule has 9 rings (SSSR count). The van der Waals surface area contributed by atoms with Crippen molar-refractivity contribution in [2.45, 2.75) is 105 Å². The minimum absolute atomic E-state index is 0.0493. The van der Waals surface area contributed by atoms with Gasteiger partial charge in [0.25, 0.3) is 0 Å². The summed E-state index contributed by atoms with van der Waals surface area (Å²) in [5.41, 5.74) is -0.584. The molecular formula is C51H52O29. The highest BCUT2D eigenvalue weighted by Gasteiger charge is 2.50. The summed E-state index contributed by atoms with van der Waals surface area (Å²) in [6, 6.07) is 12.9. The summed E-state index contributed by atoms with van der Waals surface area (Å²) in [5.74, 6) is -7.30. The molecule has 4 aliphatic heterocycles. The zero-order valence-electron chi connectivity index (χ0n) is 41.0. The molecule has 29 nitrogen and oxygen atoms in total. The predicted molar refractivity (Wildman–Crippen MR) is 258 cm³/mol. The van der Waals surface area contributed by atoms with Crippen molar-refractivity contribution >= 4 is 29.0 Å². The van der Waals surface area contributed by atoms with Crippen molar-refractivity contribution in [2.24, 2.45) is 0 Å². The largest absolute Gasteiger partial charge is 0.508 e. The molecule has 1 aromatic heterocycles. The van der Waals surface area contributed by atoms with Crippen molar-refractivity contribution in [3.63, 3.8) is 0 Å². The van der Waals surface area contributed by atoms with Crippen molar-refractivity contribution < 1.29 is 138 Å². The normalized spacial score (nSPS) is 30.3. The minimum Gasteiger partial charge on any atom is -0.508 e. The highest BCUT2D eigenvalue weighted by Crippen LogP contribution is 2.47. The molecule has 0 radical (unpaired) electrons. The number of aliphatic hydroxyl groups excluding tert-OH is 9. The fourth-order valence-electron chi connectivity index (χ4n) is 8.95. The number of hydrogen-bond donors (Lipinski definition) is 16. The molecule has 0 saturated carbocycles. The van der Waals surface area contributed by atoms with Crippen molar-refractivity contribution in [1.29, 1.82) is 0 Å². The number of aliphatic hydroxyl groups is 9. The summed E-state index contributed by atoms with van der Waals surface area (Å²) in [6.45, 7) is -2.57. The van der Waals surface area contributed by atoms with Gasteiger partial charge >= 0.3 is 11.9 Å². The summed E-state index contributed by atoms with van der Waals surface area (Å²) in [6.07, 6.45) is -29.9. The van der Waals surface area contributed by atoms with Crippen LogP contribution in [0.25, 0.3) is 28.4 Å². The maximum Gasteiger partial charge on any atom is 0.317 e. The van der Waals surface area contributed by atoms with Crippen LogP contribution in [0.5, 0.6) is 51.7 Å². The number of phenolic OH excluding ortho intramolecular Hbond substituents is 7. The van der Waals surface area contributed by atoms with Gasteiger partial charge in [-0.2, -0.15) is 0 Å². The molecule has 80 heavy (non-hydrogen) atoms. The molecule has 0 bridgehead atoms. The Morgan fingerprint density at radius 2 is 1.06 bits per heavy atom. The number of hydrogen-bond acceptors (Lipinski definition) is 29. The van der Waals surface area contributed by atoms with Crippen LogP contribution in [0, 0.1) is 0 Å². The van der Waals surface area contributed by atoms with Gasteiger partial charge in [-0.15, -0.1) is 0 Å². The van der Waals surface area contributed by atoms with E-state index in [-0.39, 0.29) is 50.9 Å². The molecule has 430 valence electrons. The molecule has 4 aliphatic rings. The third-order valence-electron chi connectivity index (χ3n) is 13.3. The molecule has 4 aromatic carbocycles. The minimum atomic E-state index is -2.04. The zero-order valence-corrected chi connectivity index (χ0v) is 41.0. The van der Waals surface area contributed by atoms with E-state index < -0.39 is 176 Å². The van der Waals surface area contributed by atoms with Crippen LogP contribution in [0.2, 0.25) is 0 Å². The van der Waals surface area contributed by atoms with Crippen LogP contribution in [-0.4, -0.2) is 206 Å². The summed E-state index contributed by atoms with van der Waals surface area (Å²) >= 11 is 0. The van der Waals surface area contributed by atoms with Gasteiger partial charge in [0.15, 0.2) is 35.1 Å². The molecule has 5 heterocycles. The van der Waals surface area contributed by atoms with E-state index in [0.717, 1.165) is 36.4 Å². The second kappa shape index (κ2) is 23.1. The molecule has 3 fully saturated rings. The monoisotopic (exact) mass is 1130 g/mol. The van der Waals surface area contributed by atoms with E-state index in [1.165, 1.54) is 36.4 Å². The first-order valence-corrected chi connectivity index (χ1v) is 24.1. The second-order valence-electron chi connectivity index (χ2n) is 18.8.